The van der Waals surface area contributed by atoms with Gasteiger partial charge in [-0.05, 0) is 12.1 Å². The molecule has 0 saturated heterocycles. The number of pyridine rings is 1. The Labute approximate surface area is 177 Å². The summed E-state index contributed by atoms with van der Waals surface area (Å²) in [6.07, 6.45) is 1.41. The lowest BCUT2D eigenvalue weighted by Crippen LogP contribution is -2.26. The average Bonchev–Trinajstić information content (AvgIpc) is 2.83. The number of esters is 1. The summed E-state index contributed by atoms with van der Waals surface area (Å²) in [6, 6.07) is 21.7. The monoisotopic (exact) mass is 415 g/mol. The highest BCUT2D eigenvalue weighted by Gasteiger charge is 2.29. The van der Waals surface area contributed by atoms with Crippen LogP contribution in [0.3, 0.4) is 0 Å². The van der Waals surface area contributed by atoms with Crippen molar-refractivity contribution in [3.63, 3.8) is 0 Å². The molecule has 1 atom stereocenters. The van der Waals surface area contributed by atoms with Gasteiger partial charge in [-0.15, -0.1) is 0 Å². The van der Waals surface area contributed by atoms with Crippen molar-refractivity contribution in [2.75, 3.05) is 7.11 Å². The van der Waals surface area contributed by atoms with Gasteiger partial charge in [0.25, 0.3) is 5.56 Å². The molecule has 0 radical (unpaired) electrons. The predicted octanol–water partition coefficient (Wildman–Crippen LogP) is 3.59. The van der Waals surface area contributed by atoms with Gasteiger partial charge in [-0.1, -0.05) is 66.7 Å². The second-order valence-corrected chi connectivity index (χ2v) is 6.68. The van der Waals surface area contributed by atoms with Gasteiger partial charge in [0.2, 0.25) is 5.82 Å². The van der Waals surface area contributed by atoms with Gasteiger partial charge < -0.3 is 4.74 Å². The van der Waals surface area contributed by atoms with Crippen molar-refractivity contribution in [1.82, 2.24) is 9.38 Å². The third-order valence-corrected chi connectivity index (χ3v) is 4.74. The van der Waals surface area contributed by atoms with Crippen molar-refractivity contribution in [3.05, 3.63) is 118 Å². The molecular formula is C24H18FN3O3. The number of ether oxygens (including phenoxy) is 1. The molecule has 2 aromatic carbocycles. The normalized spacial score (nSPS) is 11.7. The summed E-state index contributed by atoms with van der Waals surface area (Å²) in [7, 11) is 1.18. The molecule has 2 aromatic heterocycles. The highest BCUT2D eigenvalue weighted by Crippen LogP contribution is 2.23. The maximum absolute atomic E-state index is 15.1. The first kappa shape index (κ1) is 20.2. The number of hydrogen-bond acceptors (Lipinski definition) is 5. The zero-order valence-electron chi connectivity index (χ0n) is 16.6. The van der Waals surface area contributed by atoms with Crippen LogP contribution < -0.4 is 5.56 Å². The molecule has 4 aromatic rings. The highest BCUT2D eigenvalue weighted by atomic mass is 19.1. The minimum atomic E-state index is -1.46. The summed E-state index contributed by atoms with van der Waals surface area (Å²) in [6.45, 7) is 0. The maximum Gasteiger partial charge on any atom is 0.337 e. The molecule has 6 nitrogen and oxygen atoms in total. The molecule has 0 N–H and O–H groups in total. The van der Waals surface area contributed by atoms with Gasteiger partial charge in [-0.3, -0.25) is 14.2 Å². The van der Waals surface area contributed by atoms with Crippen LogP contribution in [0.15, 0.2) is 94.8 Å². The minimum Gasteiger partial charge on any atom is -0.467 e. The van der Waals surface area contributed by atoms with Crippen molar-refractivity contribution >= 4 is 17.3 Å². The summed E-state index contributed by atoms with van der Waals surface area (Å²) >= 11 is 0. The van der Waals surface area contributed by atoms with Gasteiger partial charge in [0.1, 0.15) is 11.3 Å². The van der Waals surface area contributed by atoms with Crippen LogP contribution in [0.25, 0.3) is 5.65 Å². The molecule has 0 aliphatic carbocycles. The van der Waals surface area contributed by atoms with E-state index in [9.17, 15) is 9.59 Å². The van der Waals surface area contributed by atoms with Crippen LogP contribution in [0.5, 0.6) is 0 Å². The lowest BCUT2D eigenvalue weighted by atomic mass is 10.0. The van der Waals surface area contributed by atoms with E-state index in [-0.39, 0.29) is 11.3 Å². The Morgan fingerprint density at radius 2 is 1.55 bits per heavy atom. The van der Waals surface area contributed by atoms with E-state index in [1.165, 1.54) is 13.3 Å². The van der Waals surface area contributed by atoms with Crippen molar-refractivity contribution < 1.29 is 13.9 Å². The number of carbonyl (C=O) groups is 1. The van der Waals surface area contributed by atoms with E-state index in [1.807, 2.05) is 60.7 Å². The fraction of sp³-hybridized carbons (Fsp3) is 0.0833. The Morgan fingerprint density at radius 1 is 0.968 bits per heavy atom. The van der Waals surface area contributed by atoms with Crippen molar-refractivity contribution in [3.8, 4) is 0 Å². The summed E-state index contributed by atoms with van der Waals surface area (Å²) in [5.74, 6) is -1.97. The molecule has 0 spiro atoms. The number of fused-ring (bicyclic) bond motifs is 1. The number of aromatic nitrogens is 2. The Morgan fingerprint density at radius 3 is 2.13 bits per heavy atom. The molecule has 0 fully saturated rings. The van der Waals surface area contributed by atoms with Crippen molar-refractivity contribution in [2.45, 2.75) is 6.04 Å². The maximum atomic E-state index is 15.1. The SMILES string of the molecule is COC(=O)C(N=C(c1ccccc1)c1ccccc1)c1nc2ccccn2c(=O)c1F. The van der Waals surface area contributed by atoms with E-state index >= 15 is 4.39 Å². The third kappa shape index (κ3) is 3.98. The highest BCUT2D eigenvalue weighted by molar-refractivity contribution is 6.13. The number of nitrogens with zero attached hydrogens (tertiary/aromatic N) is 3. The number of benzene rings is 2. The second kappa shape index (κ2) is 8.71. The van der Waals surface area contributed by atoms with Crippen LogP contribution in [0.4, 0.5) is 4.39 Å². The van der Waals surface area contributed by atoms with Crippen LogP contribution in [-0.2, 0) is 9.53 Å². The standard InChI is InChI=1S/C24H18FN3O3/c1-31-24(30)22(21-19(25)23(29)28-15-9-8-14-18(28)26-21)27-20(16-10-4-2-5-11-16)17-12-6-3-7-13-17/h2-15,22H,1H3. The van der Waals surface area contributed by atoms with E-state index in [1.54, 1.807) is 18.2 Å². The number of carbonyl (C=O) groups excluding carboxylic acids is 1. The van der Waals surface area contributed by atoms with Crippen LogP contribution in [0.1, 0.15) is 22.9 Å². The molecule has 0 amide bonds. The molecule has 1 unspecified atom stereocenters. The van der Waals surface area contributed by atoms with Gasteiger partial charge in [0.05, 0.1) is 12.8 Å². The molecule has 0 aliphatic rings. The van der Waals surface area contributed by atoms with Crippen LogP contribution >= 0.6 is 0 Å². The Bertz CT molecular complexity index is 1280. The van der Waals surface area contributed by atoms with E-state index in [4.69, 9.17) is 4.74 Å². The quantitative estimate of drug-likeness (QED) is 0.369. The smallest absolute Gasteiger partial charge is 0.337 e. The molecule has 7 heteroatoms. The Balaban J connectivity index is 1.97. The van der Waals surface area contributed by atoms with E-state index < -0.39 is 23.4 Å². The zero-order chi connectivity index (χ0) is 21.8. The summed E-state index contributed by atoms with van der Waals surface area (Å²) in [4.78, 5) is 34.0. The van der Waals surface area contributed by atoms with Gasteiger partial charge in [0, 0.05) is 17.3 Å². The lowest BCUT2D eigenvalue weighted by molar-refractivity contribution is -0.142. The Hall–Kier alpha value is -4.13. The van der Waals surface area contributed by atoms with Crippen molar-refractivity contribution in [1.29, 1.82) is 0 Å². The summed E-state index contributed by atoms with van der Waals surface area (Å²) in [5.41, 5.74) is 0.805. The average molecular weight is 415 g/mol. The fourth-order valence-electron chi connectivity index (χ4n) is 3.24. The first-order valence-electron chi connectivity index (χ1n) is 9.53. The molecule has 154 valence electrons. The minimum absolute atomic E-state index is 0.203. The van der Waals surface area contributed by atoms with E-state index in [2.05, 4.69) is 9.98 Å². The molecule has 0 saturated carbocycles. The number of methoxy groups -OCH3 is 1. The van der Waals surface area contributed by atoms with Gasteiger partial charge >= 0.3 is 5.97 Å². The fourth-order valence-corrected chi connectivity index (χ4v) is 3.24. The van der Waals surface area contributed by atoms with Gasteiger partial charge in [-0.2, -0.15) is 4.39 Å². The molecule has 0 aliphatic heterocycles. The molecular weight excluding hydrogens is 397 g/mol. The number of halogens is 1. The largest absolute Gasteiger partial charge is 0.467 e. The molecule has 2 heterocycles. The zero-order valence-corrected chi connectivity index (χ0v) is 16.6. The van der Waals surface area contributed by atoms with Gasteiger partial charge in [-0.25, -0.2) is 9.78 Å². The van der Waals surface area contributed by atoms with E-state index in [0.29, 0.717) is 5.71 Å². The van der Waals surface area contributed by atoms with Crippen LogP contribution in [0.2, 0.25) is 0 Å². The lowest BCUT2D eigenvalue weighted by Gasteiger charge is -2.15. The number of hydrogen-bond donors (Lipinski definition) is 0. The molecule has 4 rings (SSSR count). The first-order valence-corrected chi connectivity index (χ1v) is 9.53. The summed E-state index contributed by atoms with van der Waals surface area (Å²) < 4.78 is 21.0. The van der Waals surface area contributed by atoms with Crippen LogP contribution in [0, 0.1) is 5.82 Å². The topological polar surface area (TPSA) is 73.0 Å². The van der Waals surface area contributed by atoms with Crippen molar-refractivity contribution in [2.24, 2.45) is 4.99 Å². The summed E-state index contributed by atoms with van der Waals surface area (Å²) in [5, 5.41) is 0. The number of aliphatic imine (C=N–C) groups is 1. The van der Waals surface area contributed by atoms with E-state index in [0.717, 1.165) is 15.5 Å². The first-order chi connectivity index (χ1) is 15.1. The Kier molecular flexibility index (Phi) is 5.66. The van der Waals surface area contributed by atoms with Gasteiger partial charge in [0.15, 0.2) is 6.04 Å². The second-order valence-electron chi connectivity index (χ2n) is 6.68. The molecule has 0 bridgehead atoms. The number of rotatable bonds is 5. The van der Waals surface area contributed by atoms with Crippen LogP contribution in [-0.4, -0.2) is 28.2 Å². The third-order valence-electron chi connectivity index (χ3n) is 4.74. The molecule has 31 heavy (non-hydrogen) atoms. The predicted molar refractivity (Wildman–Crippen MR) is 115 cm³/mol.